The van der Waals surface area contributed by atoms with Gasteiger partial charge < -0.3 is 14.6 Å². The fourth-order valence-electron chi connectivity index (χ4n) is 4.33. The number of ketones is 1. The van der Waals surface area contributed by atoms with E-state index in [2.05, 4.69) is 10.2 Å². The number of nitrogens with zero attached hydrogens (tertiary/aromatic N) is 3. The van der Waals surface area contributed by atoms with Gasteiger partial charge >= 0.3 is 5.91 Å². The van der Waals surface area contributed by atoms with Crippen molar-refractivity contribution in [2.45, 2.75) is 23.1 Å². The highest BCUT2D eigenvalue weighted by molar-refractivity contribution is 8.00. The number of carbonyl (C=O) groups is 2. The maximum absolute atomic E-state index is 13.5. The Kier molecular flexibility index (Phi) is 8.84. The molecule has 0 aliphatic carbocycles. The van der Waals surface area contributed by atoms with Crippen LogP contribution in [0.3, 0.4) is 0 Å². The van der Waals surface area contributed by atoms with E-state index >= 15 is 0 Å². The number of methoxy groups -OCH3 is 1. The molecule has 4 aromatic rings. The Hall–Kier alpha value is -3.57. The number of benzene rings is 3. The van der Waals surface area contributed by atoms with Crippen molar-refractivity contribution < 1.29 is 24.2 Å². The summed E-state index contributed by atoms with van der Waals surface area (Å²) in [6.45, 7) is 2.30. The first-order valence-corrected chi connectivity index (χ1v) is 14.9. The fourth-order valence-corrected chi connectivity index (χ4v) is 6.75. The Labute approximate surface area is 254 Å². The van der Waals surface area contributed by atoms with E-state index in [1.165, 1.54) is 23.8 Å². The van der Waals surface area contributed by atoms with E-state index in [1.807, 2.05) is 13.0 Å². The molecule has 1 saturated heterocycles. The third-order valence-electron chi connectivity index (χ3n) is 6.26. The summed E-state index contributed by atoms with van der Waals surface area (Å²) in [4.78, 5) is 28.2. The van der Waals surface area contributed by atoms with Gasteiger partial charge in [-0.1, -0.05) is 64.5 Å². The Balaban J connectivity index is 1.54. The standard InChI is InChI=1S/C29H23Cl2N3O5S2/c1-3-39-21-6-4-5-17(13-21)24-23(25(35)16-8-11-20(38-2)12-9-16)26(36)27(37)34(24)28-32-33-29(41-28)40-15-18-7-10-19(30)14-22(18)31/h4-14,24,35H,3,15H2,1-2H3. The van der Waals surface area contributed by atoms with Crippen molar-refractivity contribution in [1.29, 1.82) is 0 Å². The van der Waals surface area contributed by atoms with Crippen LogP contribution in [0.5, 0.6) is 11.5 Å². The highest BCUT2D eigenvalue weighted by Gasteiger charge is 2.48. The average molecular weight is 629 g/mol. The van der Waals surface area contributed by atoms with Gasteiger partial charge in [0.2, 0.25) is 5.13 Å². The molecule has 0 saturated carbocycles. The molecule has 1 aromatic heterocycles. The van der Waals surface area contributed by atoms with Gasteiger partial charge in [0.05, 0.1) is 25.3 Å². The number of carbonyl (C=O) groups excluding carboxylic acids is 2. The number of ether oxygens (including phenoxy) is 2. The van der Waals surface area contributed by atoms with Crippen molar-refractivity contribution in [1.82, 2.24) is 10.2 Å². The van der Waals surface area contributed by atoms with Gasteiger partial charge in [-0.3, -0.25) is 14.5 Å². The Morgan fingerprint density at radius 2 is 1.83 bits per heavy atom. The van der Waals surface area contributed by atoms with Crippen LogP contribution in [-0.4, -0.2) is 40.7 Å². The number of rotatable bonds is 9. The number of aliphatic hydroxyl groups is 1. The van der Waals surface area contributed by atoms with E-state index in [-0.39, 0.29) is 16.5 Å². The molecule has 3 aromatic carbocycles. The summed E-state index contributed by atoms with van der Waals surface area (Å²) in [6, 6.07) is 17.9. The van der Waals surface area contributed by atoms with E-state index in [0.29, 0.717) is 49.4 Å². The molecule has 1 atom stereocenters. The molecule has 1 fully saturated rings. The lowest BCUT2D eigenvalue weighted by Gasteiger charge is -2.23. The van der Waals surface area contributed by atoms with Gasteiger partial charge in [0.1, 0.15) is 17.3 Å². The second kappa shape index (κ2) is 12.5. The van der Waals surface area contributed by atoms with Crippen molar-refractivity contribution in [3.8, 4) is 11.5 Å². The predicted molar refractivity (Wildman–Crippen MR) is 161 cm³/mol. The molecule has 1 unspecified atom stereocenters. The highest BCUT2D eigenvalue weighted by Crippen LogP contribution is 2.45. The molecule has 0 radical (unpaired) electrons. The summed E-state index contributed by atoms with van der Waals surface area (Å²) in [7, 11) is 1.53. The lowest BCUT2D eigenvalue weighted by molar-refractivity contribution is -0.132. The first kappa shape index (κ1) is 28.9. The quantitative estimate of drug-likeness (QED) is 0.0685. The number of aromatic nitrogens is 2. The van der Waals surface area contributed by atoms with Crippen LogP contribution in [0.1, 0.15) is 29.7 Å². The van der Waals surface area contributed by atoms with Crippen molar-refractivity contribution >= 4 is 68.9 Å². The molecule has 41 heavy (non-hydrogen) atoms. The van der Waals surface area contributed by atoms with Gasteiger partial charge in [-0.15, -0.1) is 10.2 Å². The van der Waals surface area contributed by atoms with Gasteiger partial charge in [-0.2, -0.15) is 0 Å². The maximum Gasteiger partial charge on any atom is 0.301 e. The van der Waals surface area contributed by atoms with Crippen LogP contribution in [0.15, 0.2) is 76.6 Å². The molecule has 2 heterocycles. The van der Waals surface area contributed by atoms with Crippen LogP contribution >= 0.6 is 46.3 Å². The summed E-state index contributed by atoms with van der Waals surface area (Å²) in [6.07, 6.45) is 0. The largest absolute Gasteiger partial charge is 0.507 e. The average Bonchev–Trinajstić information content (AvgIpc) is 3.54. The van der Waals surface area contributed by atoms with Crippen LogP contribution in [0, 0.1) is 0 Å². The monoisotopic (exact) mass is 627 g/mol. The second-order valence-corrected chi connectivity index (χ2v) is 11.8. The molecule has 1 N–H and O–H groups in total. The highest BCUT2D eigenvalue weighted by atomic mass is 35.5. The number of aliphatic hydroxyl groups excluding tert-OH is 1. The third-order valence-corrected chi connectivity index (χ3v) is 8.95. The second-order valence-electron chi connectivity index (χ2n) is 8.78. The van der Waals surface area contributed by atoms with Crippen molar-refractivity contribution in [2.24, 2.45) is 0 Å². The Bertz CT molecular complexity index is 1640. The topological polar surface area (TPSA) is 102 Å². The lowest BCUT2D eigenvalue weighted by Crippen LogP contribution is -2.29. The summed E-state index contributed by atoms with van der Waals surface area (Å²) in [5.41, 5.74) is 1.74. The van der Waals surface area contributed by atoms with Gasteiger partial charge in [0, 0.05) is 21.4 Å². The minimum absolute atomic E-state index is 0.0637. The zero-order chi connectivity index (χ0) is 29.1. The number of thioether (sulfide) groups is 1. The van der Waals surface area contributed by atoms with Crippen LogP contribution in [0.25, 0.3) is 5.76 Å². The zero-order valence-corrected chi connectivity index (χ0v) is 25.0. The first-order chi connectivity index (χ1) is 19.8. The number of hydrogen-bond donors (Lipinski definition) is 1. The van der Waals surface area contributed by atoms with E-state index in [1.54, 1.807) is 60.7 Å². The lowest BCUT2D eigenvalue weighted by atomic mass is 9.95. The molecule has 1 aliphatic heterocycles. The van der Waals surface area contributed by atoms with E-state index in [4.69, 9.17) is 32.7 Å². The molecule has 210 valence electrons. The maximum atomic E-state index is 13.5. The van der Waals surface area contributed by atoms with E-state index in [9.17, 15) is 14.7 Å². The number of anilines is 1. The SMILES string of the molecule is CCOc1cccc(C2C(=C(O)c3ccc(OC)cc3)C(=O)C(=O)N2c2nnc(SCc3ccc(Cl)cc3Cl)s2)c1. The number of hydrogen-bond acceptors (Lipinski definition) is 9. The van der Waals surface area contributed by atoms with Crippen LogP contribution in [-0.2, 0) is 15.3 Å². The van der Waals surface area contributed by atoms with E-state index in [0.717, 1.165) is 16.9 Å². The minimum Gasteiger partial charge on any atom is -0.507 e. The first-order valence-electron chi connectivity index (χ1n) is 12.4. The van der Waals surface area contributed by atoms with Crippen molar-refractivity contribution in [2.75, 3.05) is 18.6 Å². The summed E-state index contributed by atoms with van der Waals surface area (Å²) < 4.78 is 11.5. The predicted octanol–water partition coefficient (Wildman–Crippen LogP) is 7.17. The third kappa shape index (κ3) is 6.06. The minimum atomic E-state index is -0.964. The molecule has 1 amide bonds. The molecule has 0 bridgehead atoms. The molecular formula is C29H23Cl2N3O5S2. The fraction of sp³-hybridized carbons (Fsp3) is 0.172. The van der Waals surface area contributed by atoms with E-state index < -0.39 is 17.7 Å². The Morgan fingerprint density at radius 1 is 1.05 bits per heavy atom. The van der Waals surface area contributed by atoms with Crippen molar-refractivity contribution in [3.63, 3.8) is 0 Å². The molecule has 0 spiro atoms. The van der Waals surface area contributed by atoms with Crippen LogP contribution in [0.2, 0.25) is 10.0 Å². The van der Waals surface area contributed by atoms with Crippen LogP contribution in [0.4, 0.5) is 5.13 Å². The van der Waals surface area contributed by atoms with Crippen LogP contribution < -0.4 is 14.4 Å². The Morgan fingerprint density at radius 3 is 2.54 bits per heavy atom. The normalized spacial score (nSPS) is 16.3. The van der Waals surface area contributed by atoms with Crippen molar-refractivity contribution in [3.05, 3.63) is 99.0 Å². The summed E-state index contributed by atoms with van der Waals surface area (Å²) >= 11 is 14.9. The molecule has 1 aliphatic rings. The summed E-state index contributed by atoms with van der Waals surface area (Å²) in [5.74, 6) is -0.310. The van der Waals surface area contributed by atoms with Gasteiger partial charge in [0.25, 0.3) is 5.78 Å². The summed E-state index contributed by atoms with van der Waals surface area (Å²) in [5, 5.41) is 21.1. The molecular weight excluding hydrogens is 605 g/mol. The van der Waals surface area contributed by atoms with Gasteiger partial charge in [-0.05, 0) is 66.6 Å². The number of halogens is 2. The van der Waals surface area contributed by atoms with Gasteiger partial charge in [-0.25, -0.2) is 0 Å². The molecule has 5 rings (SSSR count). The zero-order valence-electron chi connectivity index (χ0n) is 21.8. The molecule has 12 heteroatoms. The number of amides is 1. The molecule has 8 nitrogen and oxygen atoms in total. The smallest absolute Gasteiger partial charge is 0.301 e. The number of Topliss-reactive ketones (excluding diaryl/α,β-unsaturated/α-hetero) is 1. The van der Waals surface area contributed by atoms with Gasteiger partial charge in [0.15, 0.2) is 4.34 Å².